The van der Waals surface area contributed by atoms with Crippen molar-refractivity contribution in [3.8, 4) is 5.75 Å². The number of unbranched alkanes of at least 4 members (excludes halogenated alkanes) is 3. The van der Waals surface area contributed by atoms with Gasteiger partial charge in [-0.15, -0.1) is 11.8 Å². The zero-order chi connectivity index (χ0) is 21.2. The van der Waals surface area contributed by atoms with Crippen LogP contribution in [0.25, 0.3) is 0 Å². The van der Waals surface area contributed by atoms with Gasteiger partial charge >= 0.3 is 5.97 Å². The molecular formula is C21H31N2O5S+. The Morgan fingerprint density at radius 3 is 2.59 bits per heavy atom. The summed E-state index contributed by atoms with van der Waals surface area (Å²) in [6.45, 7) is 4.86. The van der Waals surface area contributed by atoms with Gasteiger partial charge in [0.15, 0.2) is 6.04 Å². The third-order valence-electron chi connectivity index (χ3n) is 4.59. The van der Waals surface area contributed by atoms with Gasteiger partial charge < -0.3 is 15.2 Å². The summed E-state index contributed by atoms with van der Waals surface area (Å²) in [6.07, 6.45) is 4.67. The van der Waals surface area contributed by atoms with Crippen LogP contribution >= 0.6 is 11.8 Å². The van der Waals surface area contributed by atoms with Crippen LogP contribution in [0.4, 0.5) is 5.69 Å². The third kappa shape index (κ3) is 6.75. The van der Waals surface area contributed by atoms with Crippen molar-refractivity contribution in [1.29, 1.82) is 0 Å². The Hall–Kier alpha value is -2.06. The van der Waals surface area contributed by atoms with Gasteiger partial charge in [0.25, 0.3) is 0 Å². The van der Waals surface area contributed by atoms with Crippen LogP contribution in [0.3, 0.4) is 0 Å². The quantitative estimate of drug-likeness (QED) is 0.314. The Morgan fingerprint density at radius 2 is 1.93 bits per heavy atom. The Kier molecular flexibility index (Phi) is 9.47. The zero-order valence-corrected chi connectivity index (χ0v) is 18.0. The Bertz CT molecular complexity index is 695. The van der Waals surface area contributed by atoms with Crippen LogP contribution in [-0.4, -0.2) is 48.0 Å². The monoisotopic (exact) mass is 423 g/mol. The summed E-state index contributed by atoms with van der Waals surface area (Å²) in [5, 5.41) is -0.504. The lowest BCUT2D eigenvalue weighted by Crippen LogP contribution is -2.66. The minimum absolute atomic E-state index is 0.120. The summed E-state index contributed by atoms with van der Waals surface area (Å²) >= 11 is 1.28. The van der Waals surface area contributed by atoms with Crippen molar-refractivity contribution >= 4 is 35.2 Å². The number of esters is 1. The molecule has 2 amide bonds. The van der Waals surface area contributed by atoms with Crippen molar-refractivity contribution < 1.29 is 29.6 Å². The molecule has 1 aliphatic rings. The first kappa shape index (κ1) is 23.2. The van der Waals surface area contributed by atoms with E-state index in [-0.39, 0.29) is 24.2 Å². The van der Waals surface area contributed by atoms with Gasteiger partial charge in [0.05, 0.1) is 29.9 Å². The van der Waals surface area contributed by atoms with Crippen LogP contribution in [0, 0.1) is 0 Å². The molecule has 160 valence electrons. The number of anilines is 1. The summed E-state index contributed by atoms with van der Waals surface area (Å²) < 4.78 is 10.6. The third-order valence-corrected chi connectivity index (χ3v) is 5.95. The highest BCUT2D eigenvalue weighted by molar-refractivity contribution is 8.00. The number of quaternary nitrogens is 1. The van der Waals surface area contributed by atoms with Crippen LogP contribution in [0.2, 0.25) is 0 Å². The van der Waals surface area contributed by atoms with Crippen molar-refractivity contribution in [3.63, 3.8) is 0 Å². The second-order valence-electron chi connectivity index (χ2n) is 6.95. The van der Waals surface area contributed by atoms with E-state index in [4.69, 9.17) is 9.47 Å². The summed E-state index contributed by atoms with van der Waals surface area (Å²) in [4.78, 5) is 38.0. The van der Waals surface area contributed by atoms with E-state index in [1.165, 1.54) is 29.5 Å². The lowest BCUT2D eigenvalue weighted by molar-refractivity contribution is -0.401. The number of hydrogen-bond acceptors (Lipinski definition) is 6. The molecule has 0 aliphatic carbocycles. The van der Waals surface area contributed by atoms with E-state index in [9.17, 15) is 14.4 Å². The Labute approximate surface area is 176 Å². The molecule has 1 aromatic rings. The summed E-state index contributed by atoms with van der Waals surface area (Å²) in [7, 11) is 0. The number of carbonyl (C=O) groups excluding carboxylic acids is 3. The SMILES string of the molecule is CCCCCCOc1ccc(N2C(=O)C[C@H](SC[C@@H]([NH3+])C(=O)OCC)C2=O)cc1. The first-order valence-corrected chi connectivity index (χ1v) is 11.2. The van der Waals surface area contributed by atoms with Crippen LogP contribution < -0.4 is 15.4 Å². The Balaban J connectivity index is 1.88. The number of hydrogen-bond donors (Lipinski definition) is 1. The lowest BCUT2D eigenvalue weighted by atomic mass is 10.2. The summed E-state index contributed by atoms with van der Waals surface area (Å²) in [5.41, 5.74) is 4.31. The number of thioether (sulfide) groups is 1. The van der Waals surface area contributed by atoms with E-state index in [0.717, 1.165) is 18.6 Å². The maximum atomic E-state index is 12.7. The molecule has 1 aliphatic heterocycles. The molecule has 0 saturated carbocycles. The molecule has 0 aromatic heterocycles. The minimum atomic E-state index is -0.564. The van der Waals surface area contributed by atoms with Crippen LogP contribution in [0.5, 0.6) is 5.75 Å². The van der Waals surface area contributed by atoms with Crippen molar-refractivity contribution in [2.45, 2.75) is 57.2 Å². The molecule has 29 heavy (non-hydrogen) atoms. The van der Waals surface area contributed by atoms with E-state index in [1.54, 1.807) is 31.2 Å². The molecule has 0 spiro atoms. The fraction of sp³-hybridized carbons (Fsp3) is 0.571. The molecule has 1 aromatic carbocycles. The van der Waals surface area contributed by atoms with Gasteiger partial charge in [0.2, 0.25) is 11.8 Å². The smallest absolute Gasteiger partial charge is 0.365 e. The predicted octanol–water partition coefficient (Wildman–Crippen LogP) is 2.18. The molecule has 8 heteroatoms. The maximum absolute atomic E-state index is 12.7. The molecule has 7 nitrogen and oxygen atoms in total. The molecule has 0 bridgehead atoms. The number of ether oxygens (including phenoxy) is 2. The fourth-order valence-corrected chi connectivity index (χ4v) is 4.09. The van der Waals surface area contributed by atoms with Crippen LogP contribution in [-0.2, 0) is 19.1 Å². The second kappa shape index (κ2) is 11.8. The standard InChI is InChI=1S/C21H30N2O5S/c1-3-5-6-7-12-28-16-10-8-15(9-11-16)23-19(24)13-18(20(23)25)29-14-17(22)21(26)27-4-2/h8-11,17-18H,3-7,12-14,22H2,1-2H3/p+1/t17-,18+/m1/s1. The maximum Gasteiger partial charge on any atom is 0.365 e. The lowest BCUT2D eigenvalue weighted by Gasteiger charge is -2.16. The van der Waals surface area contributed by atoms with Gasteiger partial charge in [-0.05, 0) is 37.6 Å². The highest BCUT2D eigenvalue weighted by atomic mass is 32.2. The van der Waals surface area contributed by atoms with Crippen molar-refractivity contribution in [3.05, 3.63) is 24.3 Å². The van der Waals surface area contributed by atoms with E-state index in [0.29, 0.717) is 24.7 Å². The minimum Gasteiger partial charge on any atom is -0.494 e. The highest BCUT2D eigenvalue weighted by Gasteiger charge is 2.40. The molecule has 0 radical (unpaired) electrons. The molecule has 2 atom stereocenters. The van der Waals surface area contributed by atoms with Gasteiger partial charge in [0.1, 0.15) is 5.75 Å². The molecule has 1 saturated heterocycles. The van der Waals surface area contributed by atoms with Gasteiger partial charge in [-0.3, -0.25) is 9.59 Å². The number of amides is 2. The normalized spacial score (nSPS) is 17.5. The van der Waals surface area contributed by atoms with Gasteiger partial charge in [-0.25, -0.2) is 9.69 Å². The molecule has 1 heterocycles. The highest BCUT2D eigenvalue weighted by Crippen LogP contribution is 2.30. The van der Waals surface area contributed by atoms with Crippen LogP contribution in [0.1, 0.15) is 46.0 Å². The predicted molar refractivity (Wildman–Crippen MR) is 113 cm³/mol. The van der Waals surface area contributed by atoms with Crippen LogP contribution in [0.15, 0.2) is 24.3 Å². The average Bonchev–Trinajstić information content (AvgIpc) is 3.00. The molecule has 1 fully saturated rings. The largest absolute Gasteiger partial charge is 0.494 e. The van der Waals surface area contributed by atoms with E-state index < -0.39 is 11.3 Å². The fourth-order valence-electron chi connectivity index (χ4n) is 2.98. The zero-order valence-electron chi connectivity index (χ0n) is 17.2. The average molecular weight is 424 g/mol. The number of nitrogens with zero attached hydrogens (tertiary/aromatic N) is 1. The number of rotatable bonds is 12. The number of benzene rings is 1. The molecule has 3 N–H and O–H groups in total. The van der Waals surface area contributed by atoms with E-state index in [2.05, 4.69) is 12.7 Å². The summed E-state index contributed by atoms with van der Waals surface area (Å²) in [6, 6.07) is 6.46. The van der Waals surface area contributed by atoms with Crippen molar-refractivity contribution in [1.82, 2.24) is 0 Å². The first-order valence-electron chi connectivity index (χ1n) is 10.2. The number of imide groups is 1. The van der Waals surface area contributed by atoms with Gasteiger partial charge in [0, 0.05) is 6.42 Å². The summed E-state index contributed by atoms with van der Waals surface area (Å²) in [5.74, 6) is 0.173. The topological polar surface area (TPSA) is 101 Å². The van der Waals surface area contributed by atoms with Crippen molar-refractivity contribution in [2.24, 2.45) is 0 Å². The number of carbonyl (C=O) groups is 3. The van der Waals surface area contributed by atoms with E-state index in [1.807, 2.05) is 0 Å². The molecule has 0 unspecified atom stereocenters. The first-order chi connectivity index (χ1) is 14.0. The van der Waals surface area contributed by atoms with Crippen molar-refractivity contribution in [2.75, 3.05) is 23.9 Å². The Morgan fingerprint density at radius 1 is 1.21 bits per heavy atom. The second-order valence-corrected chi connectivity index (χ2v) is 8.18. The molecular weight excluding hydrogens is 392 g/mol. The van der Waals surface area contributed by atoms with Gasteiger partial charge in [-0.1, -0.05) is 26.2 Å². The van der Waals surface area contributed by atoms with E-state index >= 15 is 0 Å². The molecule has 2 rings (SSSR count). The van der Waals surface area contributed by atoms with Gasteiger partial charge in [-0.2, -0.15) is 0 Å².